The van der Waals surface area contributed by atoms with Crippen LogP contribution >= 0.6 is 11.3 Å². The second-order valence-corrected chi connectivity index (χ2v) is 9.05. The van der Waals surface area contributed by atoms with Crippen molar-refractivity contribution >= 4 is 28.9 Å². The Labute approximate surface area is 181 Å². The molecule has 6 nitrogen and oxygen atoms in total. The molecule has 1 aromatic carbocycles. The first-order chi connectivity index (χ1) is 14.5. The van der Waals surface area contributed by atoms with Gasteiger partial charge in [-0.2, -0.15) is 0 Å². The van der Waals surface area contributed by atoms with E-state index < -0.39 is 0 Å². The number of benzene rings is 1. The molecule has 7 heteroatoms. The Balaban J connectivity index is 1.35. The van der Waals surface area contributed by atoms with Gasteiger partial charge in [0.1, 0.15) is 10.8 Å². The molecule has 0 saturated carbocycles. The molecule has 0 spiro atoms. The molecule has 156 valence electrons. The van der Waals surface area contributed by atoms with Crippen molar-refractivity contribution in [3.8, 4) is 10.6 Å². The van der Waals surface area contributed by atoms with Gasteiger partial charge >= 0.3 is 6.03 Å². The second kappa shape index (κ2) is 9.36. The van der Waals surface area contributed by atoms with E-state index in [-0.39, 0.29) is 6.03 Å². The minimum atomic E-state index is -0.293. The number of hydrogen-bond donors (Lipinski definition) is 2. The maximum absolute atomic E-state index is 12.4. The van der Waals surface area contributed by atoms with E-state index in [0.717, 1.165) is 47.7 Å². The number of carbonyl (C=O) groups is 1. The Morgan fingerprint density at radius 1 is 1.13 bits per heavy atom. The van der Waals surface area contributed by atoms with Crippen molar-refractivity contribution in [2.24, 2.45) is 11.8 Å². The Morgan fingerprint density at radius 2 is 1.90 bits per heavy atom. The molecule has 1 fully saturated rings. The lowest BCUT2D eigenvalue weighted by Crippen LogP contribution is -2.38. The predicted molar refractivity (Wildman–Crippen MR) is 123 cm³/mol. The lowest BCUT2D eigenvalue weighted by molar-refractivity contribution is 0.134. The van der Waals surface area contributed by atoms with Gasteiger partial charge in [-0.25, -0.2) is 9.78 Å². The Bertz CT molecular complexity index is 980. The number of aromatic nitrogens is 2. The first kappa shape index (κ1) is 20.5. The summed E-state index contributed by atoms with van der Waals surface area (Å²) >= 11 is 1.49. The number of piperidine rings is 1. The van der Waals surface area contributed by atoms with Crippen LogP contribution in [0.25, 0.3) is 10.6 Å². The minimum Gasteiger partial charge on any atom is -0.308 e. The van der Waals surface area contributed by atoms with Gasteiger partial charge in [-0.15, -0.1) is 11.3 Å². The topological polar surface area (TPSA) is 70.2 Å². The van der Waals surface area contributed by atoms with E-state index >= 15 is 0 Å². The van der Waals surface area contributed by atoms with Gasteiger partial charge in [-0.05, 0) is 48.1 Å². The third kappa shape index (κ3) is 5.43. The molecule has 1 aliphatic heterocycles. The average Bonchev–Trinajstić information content (AvgIpc) is 3.16. The molecule has 0 aliphatic carbocycles. The molecule has 3 heterocycles. The molecular formula is C23H27N5OS. The zero-order valence-corrected chi connectivity index (χ0v) is 18.2. The quantitative estimate of drug-likeness (QED) is 0.584. The highest BCUT2D eigenvalue weighted by Gasteiger charge is 2.21. The van der Waals surface area contributed by atoms with Crippen molar-refractivity contribution in [2.75, 3.05) is 23.7 Å². The van der Waals surface area contributed by atoms with Crippen molar-refractivity contribution in [1.29, 1.82) is 0 Å². The van der Waals surface area contributed by atoms with Crippen LogP contribution in [0.3, 0.4) is 0 Å². The normalized spacial score (nSPS) is 19.4. The van der Waals surface area contributed by atoms with E-state index in [1.54, 1.807) is 12.4 Å². The van der Waals surface area contributed by atoms with Crippen LogP contribution in [0.15, 0.2) is 54.2 Å². The number of carbonyl (C=O) groups excluding carboxylic acids is 1. The van der Waals surface area contributed by atoms with Crippen LogP contribution < -0.4 is 10.6 Å². The summed E-state index contributed by atoms with van der Waals surface area (Å²) < 4.78 is 0. The molecule has 3 aromatic rings. The van der Waals surface area contributed by atoms with E-state index in [0.29, 0.717) is 5.82 Å². The van der Waals surface area contributed by atoms with Crippen molar-refractivity contribution in [2.45, 2.75) is 26.8 Å². The number of thiazole rings is 1. The summed E-state index contributed by atoms with van der Waals surface area (Å²) in [5, 5.41) is 8.42. The smallest absolute Gasteiger partial charge is 0.308 e. The van der Waals surface area contributed by atoms with Crippen molar-refractivity contribution < 1.29 is 4.79 Å². The molecule has 2 atom stereocenters. The van der Waals surface area contributed by atoms with Gasteiger partial charge in [-0.3, -0.25) is 15.2 Å². The van der Waals surface area contributed by atoms with Gasteiger partial charge in [0, 0.05) is 48.7 Å². The number of amides is 2. The highest BCUT2D eigenvalue weighted by Crippen LogP contribution is 2.26. The Hall–Kier alpha value is -2.77. The molecule has 30 heavy (non-hydrogen) atoms. The molecule has 1 saturated heterocycles. The van der Waals surface area contributed by atoms with Crippen LogP contribution in [-0.4, -0.2) is 34.0 Å². The number of likely N-dealkylation sites (tertiary alicyclic amines) is 1. The number of hydrogen-bond acceptors (Lipinski definition) is 5. The second-order valence-electron chi connectivity index (χ2n) is 8.19. The van der Waals surface area contributed by atoms with Gasteiger partial charge in [0.25, 0.3) is 0 Å². The third-order valence-corrected chi connectivity index (χ3v) is 6.10. The van der Waals surface area contributed by atoms with Crippen LogP contribution in [0.4, 0.5) is 16.3 Å². The standard InChI is InChI=1S/C23H27N5OS/c1-16-10-17(2)13-28(12-16)14-18-4-3-5-20(11-18)25-23(29)27-21-15-30-22(26-21)19-6-8-24-9-7-19/h3-9,11,15-17H,10,12-14H2,1-2H3,(H2,25,27,29). The lowest BCUT2D eigenvalue weighted by atomic mass is 9.91. The van der Waals surface area contributed by atoms with Crippen LogP contribution in [0.2, 0.25) is 0 Å². The Morgan fingerprint density at radius 3 is 2.67 bits per heavy atom. The van der Waals surface area contributed by atoms with Gasteiger partial charge < -0.3 is 5.32 Å². The monoisotopic (exact) mass is 421 g/mol. The first-order valence-corrected chi connectivity index (χ1v) is 11.2. The largest absolute Gasteiger partial charge is 0.324 e. The minimum absolute atomic E-state index is 0.293. The molecule has 1 aliphatic rings. The molecule has 0 bridgehead atoms. The zero-order chi connectivity index (χ0) is 20.9. The van der Waals surface area contributed by atoms with Gasteiger partial charge in [0.2, 0.25) is 0 Å². The molecule has 4 rings (SSSR count). The van der Waals surface area contributed by atoms with Crippen LogP contribution in [0, 0.1) is 11.8 Å². The summed E-state index contributed by atoms with van der Waals surface area (Å²) in [7, 11) is 0. The lowest BCUT2D eigenvalue weighted by Gasteiger charge is -2.35. The van der Waals surface area contributed by atoms with Crippen molar-refractivity contribution in [3.63, 3.8) is 0 Å². The molecule has 2 amide bonds. The highest BCUT2D eigenvalue weighted by atomic mass is 32.1. The summed E-state index contributed by atoms with van der Waals surface area (Å²) in [6.45, 7) is 7.82. The molecule has 2 unspecified atom stereocenters. The summed E-state index contributed by atoms with van der Waals surface area (Å²) in [6.07, 6.45) is 4.77. The van der Waals surface area contributed by atoms with Crippen molar-refractivity contribution in [1.82, 2.24) is 14.9 Å². The fourth-order valence-corrected chi connectivity index (χ4v) is 4.92. The molecular weight excluding hydrogens is 394 g/mol. The van der Waals surface area contributed by atoms with E-state index in [2.05, 4.69) is 45.4 Å². The summed E-state index contributed by atoms with van der Waals surface area (Å²) in [5.41, 5.74) is 2.98. The highest BCUT2D eigenvalue weighted by molar-refractivity contribution is 7.13. The van der Waals surface area contributed by atoms with E-state index in [4.69, 9.17) is 0 Å². The summed E-state index contributed by atoms with van der Waals surface area (Å²) in [4.78, 5) is 23.4. The van der Waals surface area contributed by atoms with Gasteiger partial charge in [0.05, 0.1) is 0 Å². The summed E-state index contributed by atoms with van der Waals surface area (Å²) in [6, 6.07) is 11.6. The number of rotatable bonds is 5. The average molecular weight is 422 g/mol. The maximum atomic E-state index is 12.4. The van der Waals surface area contributed by atoms with Gasteiger partial charge in [-0.1, -0.05) is 26.0 Å². The Kier molecular flexibility index (Phi) is 6.40. The van der Waals surface area contributed by atoms with E-state index in [9.17, 15) is 4.79 Å². The first-order valence-electron chi connectivity index (χ1n) is 10.3. The number of pyridine rings is 1. The maximum Gasteiger partial charge on any atom is 0.324 e. The fourth-order valence-electron chi connectivity index (χ4n) is 4.16. The number of anilines is 2. The van der Waals surface area contributed by atoms with Crippen molar-refractivity contribution in [3.05, 3.63) is 59.7 Å². The number of nitrogens with one attached hydrogen (secondary N) is 2. The third-order valence-electron chi connectivity index (χ3n) is 5.21. The fraction of sp³-hybridized carbons (Fsp3) is 0.348. The van der Waals surface area contributed by atoms with Crippen LogP contribution in [-0.2, 0) is 6.54 Å². The van der Waals surface area contributed by atoms with Crippen LogP contribution in [0.1, 0.15) is 25.8 Å². The SMILES string of the molecule is CC1CC(C)CN(Cc2cccc(NC(=O)Nc3csc(-c4ccncc4)n3)c2)C1. The van der Waals surface area contributed by atoms with E-state index in [1.165, 1.54) is 23.3 Å². The van der Waals surface area contributed by atoms with Gasteiger partial charge in [0.15, 0.2) is 0 Å². The molecule has 0 radical (unpaired) electrons. The van der Waals surface area contributed by atoms with Crippen LogP contribution in [0.5, 0.6) is 0 Å². The number of urea groups is 1. The molecule has 2 N–H and O–H groups in total. The zero-order valence-electron chi connectivity index (χ0n) is 17.3. The number of nitrogens with zero attached hydrogens (tertiary/aromatic N) is 3. The predicted octanol–water partition coefficient (Wildman–Crippen LogP) is 5.33. The van der Waals surface area contributed by atoms with E-state index in [1.807, 2.05) is 35.7 Å². The summed E-state index contributed by atoms with van der Waals surface area (Å²) in [5.74, 6) is 2.00. The molecule has 2 aromatic heterocycles.